The number of aromatic amines is 1. The standard InChI is InChI=1S/C18H22N6O4S/c1-18(16(25)21-17(26)22-18)12-29(27,28)24-9-7-23(8-10-24)15-5-4-13(11-20-15)14-3-2-6-19-14/h2-6,11,19H,7-10,12H2,1H3,(H2,21,22,25,26)/t18-/m1/s1. The molecule has 2 saturated heterocycles. The van der Waals surface area contributed by atoms with E-state index < -0.39 is 33.3 Å². The number of pyridine rings is 1. The average Bonchev–Trinajstić information content (AvgIpc) is 3.30. The van der Waals surface area contributed by atoms with Crippen molar-refractivity contribution in [2.75, 3.05) is 36.8 Å². The summed E-state index contributed by atoms with van der Waals surface area (Å²) in [7, 11) is -3.72. The molecule has 3 amide bonds. The number of carbonyl (C=O) groups is 2. The first-order valence-corrected chi connectivity index (χ1v) is 10.8. The van der Waals surface area contributed by atoms with Crippen molar-refractivity contribution in [3.8, 4) is 11.3 Å². The molecule has 11 heteroatoms. The number of nitrogens with zero attached hydrogens (tertiary/aromatic N) is 3. The Kier molecular flexibility index (Phi) is 4.79. The van der Waals surface area contributed by atoms with Crippen molar-refractivity contribution >= 4 is 27.8 Å². The van der Waals surface area contributed by atoms with Crippen LogP contribution in [-0.2, 0) is 14.8 Å². The number of imide groups is 1. The zero-order chi connectivity index (χ0) is 20.6. The number of piperazine rings is 1. The molecule has 154 valence electrons. The summed E-state index contributed by atoms with van der Waals surface area (Å²) in [6.45, 7) is 2.96. The van der Waals surface area contributed by atoms with Crippen LogP contribution in [0.25, 0.3) is 11.3 Å². The third kappa shape index (κ3) is 3.83. The molecule has 0 aliphatic carbocycles. The Bertz CT molecular complexity index is 1010. The van der Waals surface area contributed by atoms with E-state index in [9.17, 15) is 18.0 Å². The zero-order valence-electron chi connectivity index (χ0n) is 15.9. The quantitative estimate of drug-likeness (QED) is 0.592. The predicted molar refractivity (Wildman–Crippen MR) is 107 cm³/mol. The summed E-state index contributed by atoms with van der Waals surface area (Å²) in [6.07, 6.45) is 3.64. The van der Waals surface area contributed by atoms with Gasteiger partial charge >= 0.3 is 6.03 Å². The normalized spacial score (nSPS) is 23.1. The Morgan fingerprint density at radius 1 is 1.14 bits per heavy atom. The topological polar surface area (TPSA) is 128 Å². The molecule has 2 aromatic rings. The van der Waals surface area contributed by atoms with Crippen LogP contribution in [-0.4, -0.2) is 72.1 Å². The minimum Gasteiger partial charge on any atom is -0.361 e. The predicted octanol–water partition coefficient (Wildman–Crippen LogP) is 0.127. The van der Waals surface area contributed by atoms with E-state index in [-0.39, 0.29) is 13.1 Å². The molecule has 2 aliphatic heterocycles. The van der Waals surface area contributed by atoms with Gasteiger partial charge in [0, 0.05) is 49.8 Å². The van der Waals surface area contributed by atoms with Gasteiger partial charge in [0.25, 0.3) is 5.91 Å². The van der Waals surface area contributed by atoms with Crippen molar-refractivity contribution in [2.45, 2.75) is 12.5 Å². The van der Waals surface area contributed by atoms with Crippen molar-refractivity contribution in [3.63, 3.8) is 0 Å². The van der Waals surface area contributed by atoms with E-state index in [1.807, 2.05) is 35.4 Å². The summed E-state index contributed by atoms with van der Waals surface area (Å²) < 4.78 is 26.9. The van der Waals surface area contributed by atoms with Crippen LogP contribution in [0.4, 0.5) is 10.6 Å². The number of rotatable bonds is 5. The molecular formula is C18H22N6O4S. The molecule has 0 unspecified atom stereocenters. The molecule has 3 N–H and O–H groups in total. The van der Waals surface area contributed by atoms with E-state index >= 15 is 0 Å². The lowest BCUT2D eigenvalue weighted by Gasteiger charge is -2.35. The summed E-state index contributed by atoms with van der Waals surface area (Å²) in [5.74, 6) is -0.316. The van der Waals surface area contributed by atoms with Crippen LogP contribution in [0.1, 0.15) is 6.92 Å². The Hall–Kier alpha value is -2.92. The Balaban J connectivity index is 1.39. The molecule has 10 nitrogen and oxygen atoms in total. The van der Waals surface area contributed by atoms with Crippen molar-refractivity contribution in [1.29, 1.82) is 0 Å². The number of hydrogen-bond donors (Lipinski definition) is 3. The van der Waals surface area contributed by atoms with E-state index in [1.165, 1.54) is 11.2 Å². The molecule has 4 heterocycles. The molecular weight excluding hydrogens is 396 g/mol. The van der Waals surface area contributed by atoms with Gasteiger partial charge in [-0.3, -0.25) is 10.1 Å². The lowest BCUT2D eigenvalue weighted by molar-refractivity contribution is -0.122. The number of H-pyrrole nitrogens is 1. The first-order valence-electron chi connectivity index (χ1n) is 9.23. The van der Waals surface area contributed by atoms with Crippen molar-refractivity contribution in [2.24, 2.45) is 0 Å². The van der Waals surface area contributed by atoms with Crippen molar-refractivity contribution in [1.82, 2.24) is 24.9 Å². The van der Waals surface area contributed by atoms with Crippen LogP contribution in [0.3, 0.4) is 0 Å². The lowest BCUT2D eigenvalue weighted by atomic mass is 10.1. The number of sulfonamides is 1. The summed E-state index contributed by atoms with van der Waals surface area (Å²) >= 11 is 0. The highest BCUT2D eigenvalue weighted by atomic mass is 32.2. The number of hydrogen-bond acceptors (Lipinski definition) is 6. The van der Waals surface area contributed by atoms with Crippen LogP contribution >= 0.6 is 0 Å². The van der Waals surface area contributed by atoms with Crippen LogP contribution in [0.2, 0.25) is 0 Å². The molecule has 1 atom stereocenters. The minimum atomic E-state index is -3.72. The molecule has 0 radical (unpaired) electrons. The van der Waals surface area contributed by atoms with Gasteiger partial charge in [-0.15, -0.1) is 0 Å². The van der Waals surface area contributed by atoms with Crippen molar-refractivity contribution < 1.29 is 18.0 Å². The van der Waals surface area contributed by atoms with Gasteiger partial charge in [-0.25, -0.2) is 18.2 Å². The van der Waals surface area contributed by atoms with E-state index in [0.29, 0.717) is 13.1 Å². The maximum atomic E-state index is 12.8. The molecule has 2 aromatic heterocycles. The summed E-state index contributed by atoms with van der Waals surface area (Å²) in [4.78, 5) is 32.9. The third-order valence-corrected chi connectivity index (χ3v) is 7.30. The number of carbonyl (C=O) groups excluding carboxylic acids is 2. The molecule has 0 aromatic carbocycles. The second-order valence-electron chi connectivity index (χ2n) is 7.37. The molecule has 0 saturated carbocycles. The van der Waals surface area contributed by atoms with Gasteiger partial charge in [0.05, 0.1) is 5.75 Å². The monoisotopic (exact) mass is 418 g/mol. The highest BCUT2D eigenvalue weighted by Gasteiger charge is 2.46. The molecule has 0 spiro atoms. The van der Waals surface area contributed by atoms with Crippen LogP contribution in [0.15, 0.2) is 36.7 Å². The molecule has 2 fully saturated rings. The number of anilines is 1. The van der Waals surface area contributed by atoms with E-state index in [2.05, 4.69) is 20.6 Å². The zero-order valence-corrected chi connectivity index (χ0v) is 16.7. The number of aromatic nitrogens is 2. The molecule has 2 aliphatic rings. The smallest absolute Gasteiger partial charge is 0.322 e. The average molecular weight is 418 g/mol. The highest BCUT2D eigenvalue weighted by Crippen LogP contribution is 2.22. The Labute approximate surface area is 168 Å². The van der Waals surface area contributed by atoms with Crippen LogP contribution in [0.5, 0.6) is 0 Å². The van der Waals surface area contributed by atoms with Crippen LogP contribution in [0, 0.1) is 0 Å². The van der Waals surface area contributed by atoms with Crippen LogP contribution < -0.4 is 15.5 Å². The van der Waals surface area contributed by atoms with E-state index in [0.717, 1.165) is 17.1 Å². The van der Waals surface area contributed by atoms with E-state index in [4.69, 9.17) is 0 Å². The van der Waals surface area contributed by atoms with Gasteiger partial charge in [0.15, 0.2) is 0 Å². The van der Waals surface area contributed by atoms with E-state index in [1.54, 1.807) is 6.20 Å². The maximum absolute atomic E-state index is 12.8. The van der Waals surface area contributed by atoms with Gasteiger partial charge in [-0.2, -0.15) is 4.31 Å². The first kappa shape index (κ1) is 19.4. The molecule has 4 rings (SSSR count). The highest BCUT2D eigenvalue weighted by molar-refractivity contribution is 7.89. The third-order valence-electron chi connectivity index (χ3n) is 5.20. The van der Waals surface area contributed by atoms with Gasteiger partial charge in [-0.1, -0.05) is 0 Å². The van der Waals surface area contributed by atoms with Gasteiger partial charge in [0.2, 0.25) is 10.0 Å². The van der Waals surface area contributed by atoms with Crippen molar-refractivity contribution in [3.05, 3.63) is 36.7 Å². The maximum Gasteiger partial charge on any atom is 0.322 e. The molecule has 29 heavy (non-hydrogen) atoms. The van der Waals surface area contributed by atoms with Gasteiger partial charge in [-0.05, 0) is 31.2 Å². The fourth-order valence-electron chi connectivity index (χ4n) is 3.58. The Morgan fingerprint density at radius 2 is 1.90 bits per heavy atom. The summed E-state index contributed by atoms with van der Waals surface area (Å²) in [5, 5.41) is 4.48. The fraction of sp³-hybridized carbons (Fsp3) is 0.389. The number of urea groups is 1. The minimum absolute atomic E-state index is 0.286. The second-order valence-corrected chi connectivity index (χ2v) is 9.34. The first-order chi connectivity index (χ1) is 13.8. The molecule has 0 bridgehead atoms. The van der Waals surface area contributed by atoms with Gasteiger partial charge < -0.3 is 15.2 Å². The summed E-state index contributed by atoms with van der Waals surface area (Å²) in [6, 6.07) is 7.10. The SMILES string of the molecule is C[C@]1(CS(=O)(=O)N2CCN(c3ccc(-c4ccc[nH]4)cn3)CC2)NC(=O)NC1=O. The fourth-order valence-corrected chi connectivity index (χ4v) is 5.41. The van der Waals surface area contributed by atoms with Gasteiger partial charge in [0.1, 0.15) is 11.4 Å². The number of amides is 3. The summed E-state index contributed by atoms with van der Waals surface area (Å²) in [5.41, 5.74) is 0.504. The Morgan fingerprint density at radius 3 is 2.45 bits per heavy atom. The number of nitrogens with one attached hydrogen (secondary N) is 3. The largest absolute Gasteiger partial charge is 0.361 e. The second kappa shape index (κ2) is 7.16. The lowest BCUT2D eigenvalue weighted by Crippen LogP contribution is -2.55.